The number of primary amides is 1. The summed E-state index contributed by atoms with van der Waals surface area (Å²) in [6.07, 6.45) is -5.03. The van der Waals surface area contributed by atoms with Gasteiger partial charge < -0.3 is 46.3 Å². The van der Waals surface area contributed by atoms with Crippen LogP contribution in [0, 0.1) is 0 Å². The van der Waals surface area contributed by atoms with Crippen molar-refractivity contribution >= 4 is 35.7 Å². The van der Waals surface area contributed by atoms with Crippen LogP contribution in [-0.2, 0) is 23.9 Å². The number of aliphatic hydroxyl groups excluding tert-OH is 3. The monoisotopic (exact) mass is 517 g/mol. The summed E-state index contributed by atoms with van der Waals surface area (Å²) >= 11 is 0. The summed E-state index contributed by atoms with van der Waals surface area (Å²) in [6, 6.07) is 11.6. The molecular weight excluding hydrogens is 490 g/mol. The largest absolute Gasteiger partial charge is 0.480 e. The minimum absolute atomic E-state index is 0.0164. The van der Waals surface area contributed by atoms with Crippen LogP contribution in [0.4, 0.5) is 5.69 Å². The van der Waals surface area contributed by atoms with E-state index < -0.39 is 67.2 Å². The summed E-state index contributed by atoms with van der Waals surface area (Å²) in [5, 5.41) is 43.4. The molecule has 37 heavy (non-hydrogen) atoms. The molecule has 0 bridgehead atoms. The van der Waals surface area contributed by atoms with Gasteiger partial charge in [0.1, 0.15) is 37.2 Å². The molecule has 8 N–H and O–H groups in total. The van der Waals surface area contributed by atoms with Crippen LogP contribution in [0.25, 0.3) is 0 Å². The number of ether oxygens (including phenoxy) is 1. The minimum atomic E-state index is -1.88. The number of carboxylic acids is 1. The van der Waals surface area contributed by atoms with E-state index in [9.17, 15) is 44.4 Å². The minimum Gasteiger partial charge on any atom is -0.480 e. The number of carbonyl (C=O) groups excluding carboxylic acids is 4. The van der Waals surface area contributed by atoms with Gasteiger partial charge in [-0.3, -0.25) is 19.2 Å². The lowest BCUT2D eigenvalue weighted by Gasteiger charge is -2.30. The van der Waals surface area contributed by atoms with Crippen LogP contribution in [0.3, 0.4) is 0 Å². The van der Waals surface area contributed by atoms with Crippen molar-refractivity contribution in [3.63, 3.8) is 0 Å². The Morgan fingerprint density at radius 2 is 1.70 bits per heavy atom. The number of aldehydes is 1. The SMILES string of the molecule is NC(=O)C(C(=O)O)c1cccc(NC(=O)CO[C@@H]([C@H](O)[C@H](O)CO)[C@H](C=O)NC(=O)c2ccccc2)c1. The maximum absolute atomic E-state index is 12.5. The molecule has 0 heterocycles. The molecule has 2 aromatic carbocycles. The number of aliphatic carboxylic acids is 1. The number of nitrogens with two attached hydrogens (primary N) is 1. The van der Waals surface area contributed by atoms with Crippen molar-refractivity contribution < 1.29 is 49.1 Å². The normalized spacial score (nSPS) is 14.9. The Bertz CT molecular complexity index is 1100. The Morgan fingerprint density at radius 1 is 1.03 bits per heavy atom. The van der Waals surface area contributed by atoms with Gasteiger partial charge >= 0.3 is 5.97 Å². The molecule has 0 saturated heterocycles. The number of anilines is 1. The second kappa shape index (κ2) is 13.8. The average molecular weight is 517 g/mol. The van der Waals surface area contributed by atoms with Crippen molar-refractivity contribution in [2.24, 2.45) is 5.73 Å². The fourth-order valence-electron chi connectivity index (χ4n) is 3.35. The van der Waals surface area contributed by atoms with Crippen LogP contribution in [0.1, 0.15) is 21.8 Å². The molecule has 198 valence electrons. The van der Waals surface area contributed by atoms with E-state index in [2.05, 4.69) is 10.6 Å². The second-order valence-electron chi connectivity index (χ2n) is 7.86. The molecule has 0 aliphatic carbocycles. The lowest BCUT2D eigenvalue weighted by atomic mass is 9.98. The molecule has 0 fully saturated rings. The zero-order valence-electron chi connectivity index (χ0n) is 19.4. The van der Waals surface area contributed by atoms with Gasteiger partial charge in [-0.05, 0) is 29.8 Å². The predicted octanol–water partition coefficient (Wildman–Crippen LogP) is -1.62. The standard InChI is InChI=1S/C24H27N3O10/c25-22(33)19(24(35)36)14-7-4-8-15(9-14)26-18(31)12-37-21(20(32)17(30)11-29)16(10-28)27-23(34)13-5-2-1-3-6-13/h1-10,16-17,19-21,29-30,32H,11-12H2,(H2,25,33)(H,26,31)(H,27,34)(H,35,36)/t16-,17+,19?,20+,21+/m0/s1. The first-order valence-corrected chi connectivity index (χ1v) is 10.9. The molecule has 2 rings (SSSR count). The van der Waals surface area contributed by atoms with Gasteiger partial charge in [0, 0.05) is 11.3 Å². The van der Waals surface area contributed by atoms with Crippen molar-refractivity contribution in [3.05, 3.63) is 65.7 Å². The van der Waals surface area contributed by atoms with Crippen LogP contribution in [0.15, 0.2) is 54.6 Å². The van der Waals surface area contributed by atoms with Gasteiger partial charge in [0.2, 0.25) is 11.8 Å². The molecule has 0 radical (unpaired) electrons. The fraction of sp³-hybridized carbons (Fsp3) is 0.292. The highest BCUT2D eigenvalue weighted by Crippen LogP contribution is 2.20. The van der Waals surface area contributed by atoms with Gasteiger partial charge in [-0.25, -0.2) is 0 Å². The summed E-state index contributed by atoms with van der Waals surface area (Å²) in [6.45, 7) is -1.68. The lowest BCUT2D eigenvalue weighted by molar-refractivity contribution is -0.142. The van der Waals surface area contributed by atoms with Crippen LogP contribution in [0.2, 0.25) is 0 Å². The number of hydrogen-bond donors (Lipinski definition) is 7. The van der Waals surface area contributed by atoms with Crippen molar-refractivity contribution in [3.8, 4) is 0 Å². The van der Waals surface area contributed by atoms with E-state index >= 15 is 0 Å². The molecule has 13 nitrogen and oxygen atoms in total. The Hall–Kier alpha value is -4.17. The summed E-state index contributed by atoms with van der Waals surface area (Å²) in [7, 11) is 0. The molecule has 3 amide bonds. The van der Waals surface area contributed by atoms with Crippen LogP contribution >= 0.6 is 0 Å². The number of amides is 3. The van der Waals surface area contributed by atoms with E-state index in [4.69, 9.17) is 10.5 Å². The molecule has 0 aliphatic heterocycles. The summed E-state index contributed by atoms with van der Waals surface area (Å²) < 4.78 is 5.36. The number of benzene rings is 2. The molecule has 5 atom stereocenters. The maximum atomic E-state index is 12.5. The smallest absolute Gasteiger partial charge is 0.320 e. The molecule has 2 aromatic rings. The third-order valence-corrected chi connectivity index (χ3v) is 5.19. The first kappa shape index (κ1) is 29.1. The average Bonchev–Trinajstić information content (AvgIpc) is 2.87. The Balaban J connectivity index is 2.15. The highest BCUT2D eigenvalue weighted by atomic mass is 16.5. The van der Waals surface area contributed by atoms with Crippen molar-refractivity contribution in [2.45, 2.75) is 30.3 Å². The van der Waals surface area contributed by atoms with Crippen molar-refractivity contribution in [1.82, 2.24) is 5.32 Å². The van der Waals surface area contributed by atoms with E-state index in [0.717, 1.165) is 0 Å². The highest BCUT2D eigenvalue weighted by Gasteiger charge is 2.35. The highest BCUT2D eigenvalue weighted by molar-refractivity contribution is 6.02. The molecule has 0 aromatic heterocycles. The maximum Gasteiger partial charge on any atom is 0.320 e. The van der Waals surface area contributed by atoms with Crippen molar-refractivity contribution in [2.75, 3.05) is 18.5 Å². The number of hydrogen-bond acceptors (Lipinski definition) is 9. The number of aliphatic hydroxyl groups is 3. The van der Waals surface area contributed by atoms with Gasteiger partial charge in [-0.1, -0.05) is 30.3 Å². The van der Waals surface area contributed by atoms with E-state index in [-0.39, 0.29) is 23.1 Å². The Kier molecular flexibility index (Phi) is 10.8. The van der Waals surface area contributed by atoms with E-state index in [1.807, 2.05) is 0 Å². The number of carboxylic acid groups (broad SMARTS) is 1. The summed E-state index contributed by atoms with van der Waals surface area (Å²) in [5.74, 6) is -5.74. The molecule has 0 saturated carbocycles. The molecule has 13 heteroatoms. The quantitative estimate of drug-likeness (QED) is 0.112. The van der Waals surface area contributed by atoms with Gasteiger partial charge in [-0.15, -0.1) is 0 Å². The first-order chi connectivity index (χ1) is 17.6. The van der Waals surface area contributed by atoms with E-state index in [1.54, 1.807) is 18.2 Å². The number of rotatable bonds is 14. The van der Waals surface area contributed by atoms with Crippen LogP contribution in [0.5, 0.6) is 0 Å². The van der Waals surface area contributed by atoms with Crippen LogP contribution in [-0.4, -0.2) is 88.0 Å². The second-order valence-corrected chi connectivity index (χ2v) is 7.86. The lowest BCUT2D eigenvalue weighted by Crippen LogP contribution is -2.55. The Labute approximate surface area is 210 Å². The van der Waals surface area contributed by atoms with Crippen LogP contribution < -0.4 is 16.4 Å². The fourth-order valence-corrected chi connectivity index (χ4v) is 3.35. The predicted molar refractivity (Wildman–Crippen MR) is 127 cm³/mol. The number of nitrogens with one attached hydrogen (secondary N) is 2. The zero-order valence-corrected chi connectivity index (χ0v) is 19.4. The van der Waals surface area contributed by atoms with Crippen molar-refractivity contribution in [1.29, 1.82) is 0 Å². The third-order valence-electron chi connectivity index (χ3n) is 5.19. The Morgan fingerprint density at radius 3 is 2.27 bits per heavy atom. The molecule has 1 unspecified atom stereocenters. The van der Waals surface area contributed by atoms with Gasteiger partial charge in [0.25, 0.3) is 5.91 Å². The summed E-state index contributed by atoms with van der Waals surface area (Å²) in [5.41, 5.74) is 5.43. The molecular formula is C24H27N3O10. The van der Waals surface area contributed by atoms with E-state index in [1.165, 1.54) is 36.4 Å². The topological polar surface area (TPSA) is 226 Å². The molecule has 0 spiro atoms. The van der Waals surface area contributed by atoms with E-state index in [0.29, 0.717) is 0 Å². The van der Waals surface area contributed by atoms with Gasteiger partial charge in [-0.2, -0.15) is 0 Å². The third kappa shape index (κ3) is 8.18. The molecule has 0 aliphatic rings. The summed E-state index contributed by atoms with van der Waals surface area (Å²) in [4.78, 5) is 59.5. The van der Waals surface area contributed by atoms with Gasteiger partial charge in [0.05, 0.1) is 6.61 Å². The number of carbonyl (C=O) groups is 5. The first-order valence-electron chi connectivity index (χ1n) is 10.9. The van der Waals surface area contributed by atoms with Gasteiger partial charge in [0.15, 0.2) is 5.92 Å². The zero-order chi connectivity index (χ0) is 27.5.